The van der Waals surface area contributed by atoms with Gasteiger partial charge in [-0.15, -0.1) is 0 Å². The van der Waals surface area contributed by atoms with Gasteiger partial charge in [-0.2, -0.15) is 0 Å². The number of hydrogen-bond acceptors (Lipinski definition) is 3. The van der Waals surface area contributed by atoms with Crippen LogP contribution in [0.2, 0.25) is 0 Å². The van der Waals surface area contributed by atoms with Crippen LogP contribution in [0.1, 0.15) is 19.4 Å². The van der Waals surface area contributed by atoms with Crippen LogP contribution in [0.3, 0.4) is 0 Å². The van der Waals surface area contributed by atoms with Crippen LogP contribution in [-0.4, -0.2) is 47.6 Å². The molecule has 1 aliphatic heterocycles. The summed E-state index contributed by atoms with van der Waals surface area (Å²) in [6.45, 7) is 9.91. The van der Waals surface area contributed by atoms with Gasteiger partial charge in [-0.05, 0) is 17.7 Å². The molecule has 0 spiro atoms. The van der Waals surface area contributed by atoms with Crippen LogP contribution in [-0.2, 0) is 5.41 Å². The second kappa shape index (κ2) is 5.07. The van der Waals surface area contributed by atoms with Crippen molar-refractivity contribution in [1.82, 2.24) is 20.2 Å². The highest BCUT2D eigenvalue weighted by Crippen LogP contribution is 2.26. The van der Waals surface area contributed by atoms with Crippen molar-refractivity contribution >= 4 is 11.0 Å². The van der Waals surface area contributed by atoms with Crippen LogP contribution < -0.4 is 11.0 Å². The molecule has 3 N–H and O–H groups in total. The number of aromatic amines is 2. The fourth-order valence-corrected chi connectivity index (χ4v) is 2.97. The molecule has 0 amide bonds. The highest BCUT2D eigenvalue weighted by Gasteiger charge is 2.25. The SMILES string of the molecule is CC(C)(CN1CCNCC1)c1ccc2[nH]c(=O)[nH]c2c1. The summed E-state index contributed by atoms with van der Waals surface area (Å²) in [5.74, 6) is 0. The number of aromatic nitrogens is 2. The minimum Gasteiger partial charge on any atom is -0.314 e. The Hall–Kier alpha value is -1.59. The predicted molar refractivity (Wildman–Crippen MR) is 81.3 cm³/mol. The van der Waals surface area contributed by atoms with Gasteiger partial charge < -0.3 is 15.3 Å². The summed E-state index contributed by atoms with van der Waals surface area (Å²) in [6, 6.07) is 6.20. The topological polar surface area (TPSA) is 63.9 Å². The van der Waals surface area contributed by atoms with Crippen molar-refractivity contribution in [2.24, 2.45) is 0 Å². The number of rotatable bonds is 3. The molecule has 0 bridgehead atoms. The third kappa shape index (κ3) is 2.64. The van der Waals surface area contributed by atoms with Crippen molar-refractivity contribution in [3.8, 4) is 0 Å². The second-order valence-corrected chi connectivity index (χ2v) is 6.25. The molecule has 1 aromatic carbocycles. The second-order valence-electron chi connectivity index (χ2n) is 6.25. The quantitative estimate of drug-likeness (QED) is 0.783. The molecular weight excluding hydrogens is 252 g/mol. The van der Waals surface area contributed by atoms with Gasteiger partial charge in [0, 0.05) is 38.1 Å². The smallest absolute Gasteiger partial charge is 0.314 e. The average molecular weight is 274 g/mol. The van der Waals surface area contributed by atoms with E-state index in [1.54, 1.807) is 0 Å². The summed E-state index contributed by atoms with van der Waals surface area (Å²) in [5, 5.41) is 3.38. The van der Waals surface area contributed by atoms with E-state index in [0.717, 1.165) is 43.8 Å². The Balaban J connectivity index is 1.85. The lowest BCUT2D eigenvalue weighted by atomic mass is 9.83. The number of nitrogens with zero attached hydrogens (tertiary/aromatic N) is 1. The lowest BCUT2D eigenvalue weighted by Gasteiger charge is -2.35. The number of imidazole rings is 1. The third-order valence-electron chi connectivity index (χ3n) is 4.13. The van der Waals surface area contributed by atoms with Gasteiger partial charge in [0.05, 0.1) is 11.0 Å². The Kier molecular flexibility index (Phi) is 3.40. The Labute approximate surface area is 118 Å². The molecule has 0 atom stereocenters. The molecule has 0 saturated carbocycles. The van der Waals surface area contributed by atoms with Crippen molar-refractivity contribution in [3.63, 3.8) is 0 Å². The van der Waals surface area contributed by atoms with Crippen LogP contribution in [0.15, 0.2) is 23.0 Å². The summed E-state index contributed by atoms with van der Waals surface area (Å²) < 4.78 is 0. The third-order valence-corrected chi connectivity index (χ3v) is 4.13. The van der Waals surface area contributed by atoms with E-state index in [1.165, 1.54) is 5.56 Å². The average Bonchev–Trinajstić information content (AvgIpc) is 2.78. The number of nitrogens with one attached hydrogen (secondary N) is 3. The first kappa shape index (κ1) is 13.4. The van der Waals surface area contributed by atoms with Gasteiger partial charge >= 0.3 is 5.69 Å². The lowest BCUT2D eigenvalue weighted by molar-refractivity contribution is 0.200. The maximum atomic E-state index is 11.3. The minimum absolute atomic E-state index is 0.0691. The monoisotopic (exact) mass is 274 g/mol. The molecule has 5 nitrogen and oxygen atoms in total. The maximum Gasteiger partial charge on any atom is 0.323 e. The number of H-pyrrole nitrogens is 2. The molecule has 20 heavy (non-hydrogen) atoms. The van der Waals surface area contributed by atoms with Crippen molar-refractivity contribution < 1.29 is 0 Å². The molecule has 1 saturated heterocycles. The van der Waals surface area contributed by atoms with Gasteiger partial charge in [0.15, 0.2) is 0 Å². The molecule has 1 aliphatic rings. The first-order valence-corrected chi connectivity index (χ1v) is 7.20. The summed E-state index contributed by atoms with van der Waals surface area (Å²) in [4.78, 5) is 19.5. The molecule has 0 aliphatic carbocycles. The summed E-state index contributed by atoms with van der Waals surface area (Å²) in [7, 11) is 0. The van der Waals surface area contributed by atoms with Gasteiger partial charge in [-0.25, -0.2) is 4.79 Å². The van der Waals surface area contributed by atoms with E-state index in [1.807, 2.05) is 6.07 Å². The fourth-order valence-electron chi connectivity index (χ4n) is 2.97. The van der Waals surface area contributed by atoms with Crippen LogP contribution in [0.4, 0.5) is 0 Å². The number of fused-ring (bicyclic) bond motifs is 1. The van der Waals surface area contributed by atoms with E-state index in [4.69, 9.17) is 0 Å². The summed E-state index contributed by atoms with van der Waals surface area (Å²) >= 11 is 0. The number of piperazine rings is 1. The van der Waals surface area contributed by atoms with E-state index < -0.39 is 0 Å². The largest absolute Gasteiger partial charge is 0.323 e. The van der Waals surface area contributed by atoms with Crippen LogP contribution >= 0.6 is 0 Å². The van der Waals surface area contributed by atoms with Crippen molar-refractivity contribution in [1.29, 1.82) is 0 Å². The number of hydrogen-bond donors (Lipinski definition) is 3. The molecular formula is C15H22N4O. The number of benzene rings is 1. The first-order chi connectivity index (χ1) is 9.54. The highest BCUT2D eigenvalue weighted by atomic mass is 16.1. The Morgan fingerprint density at radius 1 is 1.15 bits per heavy atom. The molecule has 0 unspecified atom stereocenters. The highest BCUT2D eigenvalue weighted by molar-refractivity contribution is 5.75. The van der Waals surface area contributed by atoms with Gasteiger partial charge in [0.1, 0.15) is 0 Å². The van der Waals surface area contributed by atoms with Gasteiger partial charge in [-0.3, -0.25) is 4.90 Å². The fraction of sp³-hybridized carbons (Fsp3) is 0.533. The Bertz CT molecular complexity index is 649. The van der Waals surface area contributed by atoms with E-state index in [9.17, 15) is 4.79 Å². The molecule has 1 aromatic heterocycles. The lowest BCUT2D eigenvalue weighted by Crippen LogP contribution is -2.47. The zero-order valence-electron chi connectivity index (χ0n) is 12.1. The zero-order valence-corrected chi connectivity index (χ0v) is 12.1. The normalized spacial score (nSPS) is 17.7. The van der Waals surface area contributed by atoms with E-state index in [-0.39, 0.29) is 11.1 Å². The molecule has 0 radical (unpaired) electrons. The molecule has 2 aromatic rings. The van der Waals surface area contributed by atoms with E-state index >= 15 is 0 Å². The molecule has 2 heterocycles. The Morgan fingerprint density at radius 3 is 2.60 bits per heavy atom. The van der Waals surface area contributed by atoms with Crippen LogP contribution in [0, 0.1) is 0 Å². The van der Waals surface area contributed by atoms with Crippen molar-refractivity contribution in [2.75, 3.05) is 32.7 Å². The predicted octanol–water partition coefficient (Wildman–Crippen LogP) is 1.04. The van der Waals surface area contributed by atoms with Gasteiger partial charge in [0.2, 0.25) is 0 Å². The molecule has 3 rings (SSSR count). The van der Waals surface area contributed by atoms with E-state index in [0.29, 0.717) is 0 Å². The Morgan fingerprint density at radius 2 is 1.85 bits per heavy atom. The maximum absolute atomic E-state index is 11.3. The first-order valence-electron chi connectivity index (χ1n) is 7.20. The van der Waals surface area contributed by atoms with Crippen molar-refractivity contribution in [3.05, 3.63) is 34.2 Å². The van der Waals surface area contributed by atoms with Gasteiger partial charge in [-0.1, -0.05) is 19.9 Å². The molecule has 5 heteroatoms. The van der Waals surface area contributed by atoms with E-state index in [2.05, 4.69) is 46.2 Å². The minimum atomic E-state index is -0.142. The summed E-state index contributed by atoms with van der Waals surface area (Å²) in [6.07, 6.45) is 0. The standard InChI is InChI=1S/C15H22N4O/c1-15(2,10-19-7-5-16-6-8-19)11-3-4-12-13(9-11)18-14(20)17-12/h3-4,9,16H,5-8,10H2,1-2H3,(H2,17,18,20). The van der Waals surface area contributed by atoms with Crippen molar-refractivity contribution in [2.45, 2.75) is 19.3 Å². The van der Waals surface area contributed by atoms with Gasteiger partial charge in [0.25, 0.3) is 0 Å². The molecule has 108 valence electrons. The summed E-state index contributed by atoms with van der Waals surface area (Å²) in [5.41, 5.74) is 2.95. The van der Waals surface area contributed by atoms with Crippen LogP contribution in [0.25, 0.3) is 11.0 Å². The molecule has 1 fully saturated rings. The van der Waals surface area contributed by atoms with Crippen LogP contribution in [0.5, 0.6) is 0 Å². The zero-order chi connectivity index (χ0) is 14.2.